The van der Waals surface area contributed by atoms with Crippen molar-refractivity contribution in [1.29, 1.82) is 0 Å². The van der Waals surface area contributed by atoms with Crippen LogP contribution in [-0.4, -0.2) is 24.6 Å². The predicted molar refractivity (Wildman–Crippen MR) is 88.4 cm³/mol. The van der Waals surface area contributed by atoms with Gasteiger partial charge in [0.2, 0.25) is 0 Å². The lowest BCUT2D eigenvalue weighted by Crippen LogP contribution is -2.14. The fraction of sp³-hybridized carbons (Fsp3) is 0.389. The summed E-state index contributed by atoms with van der Waals surface area (Å²) in [5.41, 5.74) is 3.62. The number of hydrogen-bond donors (Lipinski definition) is 1. The average molecular weight is 324 g/mol. The number of imidazole rings is 1. The number of hydrogen-bond acceptors (Lipinski definition) is 5. The number of rotatable bonds is 4. The summed E-state index contributed by atoms with van der Waals surface area (Å²) in [6, 6.07) is 3.58. The van der Waals surface area contributed by atoms with Gasteiger partial charge in [0.1, 0.15) is 18.2 Å². The molecule has 0 aliphatic heterocycles. The van der Waals surface area contributed by atoms with E-state index in [2.05, 4.69) is 16.9 Å². The zero-order chi connectivity index (χ0) is 16.5. The lowest BCUT2D eigenvalue weighted by molar-refractivity contribution is 0.248. The van der Waals surface area contributed by atoms with E-state index in [0.29, 0.717) is 23.9 Å². The lowest BCUT2D eigenvalue weighted by Gasteiger charge is -2.17. The van der Waals surface area contributed by atoms with Crippen molar-refractivity contribution in [3.8, 4) is 11.6 Å². The van der Waals surface area contributed by atoms with Gasteiger partial charge in [-0.25, -0.2) is 15.0 Å². The minimum Gasteiger partial charge on any atom is -0.455 e. The van der Waals surface area contributed by atoms with Gasteiger partial charge in [-0.05, 0) is 50.3 Å². The molecule has 1 N–H and O–H groups in total. The van der Waals surface area contributed by atoms with Crippen LogP contribution in [0.3, 0.4) is 0 Å². The molecule has 0 atom stereocenters. The van der Waals surface area contributed by atoms with Gasteiger partial charge in [0.15, 0.2) is 11.6 Å². The summed E-state index contributed by atoms with van der Waals surface area (Å²) in [6.45, 7) is 2.51. The molecule has 0 saturated carbocycles. The maximum atomic E-state index is 9.16. The molecule has 1 aliphatic carbocycles. The van der Waals surface area contributed by atoms with Crippen LogP contribution >= 0.6 is 0 Å². The molecule has 0 unspecified atom stereocenters. The monoisotopic (exact) mass is 324 g/mol. The molecule has 0 aromatic carbocycles. The molecular formula is C18H20N4O2. The minimum absolute atomic E-state index is 0.117. The van der Waals surface area contributed by atoms with Crippen molar-refractivity contribution in [2.45, 2.75) is 45.8 Å². The Balaban J connectivity index is 1.65. The fourth-order valence-electron chi connectivity index (χ4n) is 3.31. The van der Waals surface area contributed by atoms with Crippen LogP contribution in [0.1, 0.15) is 41.4 Å². The van der Waals surface area contributed by atoms with Gasteiger partial charge in [0, 0.05) is 23.8 Å². The van der Waals surface area contributed by atoms with Gasteiger partial charge in [-0.1, -0.05) is 0 Å². The van der Waals surface area contributed by atoms with Crippen molar-refractivity contribution < 1.29 is 9.52 Å². The van der Waals surface area contributed by atoms with Gasteiger partial charge >= 0.3 is 0 Å². The highest BCUT2D eigenvalue weighted by atomic mass is 16.4. The van der Waals surface area contributed by atoms with E-state index in [1.165, 1.54) is 24.1 Å². The largest absolute Gasteiger partial charge is 0.455 e. The highest BCUT2D eigenvalue weighted by molar-refractivity contribution is 5.48. The van der Waals surface area contributed by atoms with Crippen LogP contribution in [0.2, 0.25) is 0 Å². The zero-order valence-corrected chi connectivity index (χ0v) is 13.7. The average Bonchev–Trinajstić information content (AvgIpc) is 3.23. The molecule has 0 amide bonds. The molecule has 3 aromatic rings. The Morgan fingerprint density at radius 2 is 2.08 bits per heavy atom. The fourth-order valence-corrected chi connectivity index (χ4v) is 3.31. The van der Waals surface area contributed by atoms with Gasteiger partial charge in [0.05, 0.1) is 6.54 Å². The van der Waals surface area contributed by atoms with Gasteiger partial charge in [-0.2, -0.15) is 0 Å². The second-order valence-corrected chi connectivity index (χ2v) is 6.16. The first kappa shape index (κ1) is 15.1. The summed E-state index contributed by atoms with van der Waals surface area (Å²) >= 11 is 0. The van der Waals surface area contributed by atoms with Crippen molar-refractivity contribution >= 4 is 0 Å². The Morgan fingerprint density at radius 3 is 2.92 bits per heavy atom. The van der Waals surface area contributed by atoms with Crippen LogP contribution in [0.25, 0.3) is 11.6 Å². The third-order valence-electron chi connectivity index (χ3n) is 4.50. The molecule has 4 rings (SSSR count). The number of aliphatic hydroxyl groups excluding tert-OH is 1. The van der Waals surface area contributed by atoms with Crippen LogP contribution in [0.4, 0.5) is 0 Å². The molecule has 124 valence electrons. The Bertz CT molecular complexity index is 866. The van der Waals surface area contributed by atoms with E-state index in [-0.39, 0.29) is 6.61 Å². The number of nitrogens with zero attached hydrogens (tertiary/aromatic N) is 4. The molecule has 3 heterocycles. The number of aromatic nitrogens is 4. The number of aliphatic hydroxyl groups is 1. The molecule has 3 aromatic heterocycles. The van der Waals surface area contributed by atoms with E-state index in [1.54, 1.807) is 12.3 Å². The number of fused-ring (bicyclic) bond motifs is 1. The summed E-state index contributed by atoms with van der Waals surface area (Å²) in [7, 11) is 0. The summed E-state index contributed by atoms with van der Waals surface area (Å²) in [5.74, 6) is 2.69. The van der Waals surface area contributed by atoms with Crippen molar-refractivity contribution in [2.75, 3.05) is 0 Å². The minimum atomic E-state index is -0.117. The molecule has 0 fully saturated rings. The molecule has 0 spiro atoms. The highest BCUT2D eigenvalue weighted by Crippen LogP contribution is 2.24. The maximum Gasteiger partial charge on any atom is 0.176 e. The quantitative estimate of drug-likeness (QED) is 0.798. The van der Waals surface area contributed by atoms with Crippen molar-refractivity contribution in [1.82, 2.24) is 19.5 Å². The van der Waals surface area contributed by atoms with E-state index in [1.807, 2.05) is 16.8 Å². The Hall–Kier alpha value is -2.47. The Labute approximate surface area is 140 Å². The Morgan fingerprint density at radius 1 is 1.21 bits per heavy atom. The smallest absolute Gasteiger partial charge is 0.176 e. The van der Waals surface area contributed by atoms with E-state index in [0.717, 1.165) is 24.4 Å². The third-order valence-corrected chi connectivity index (χ3v) is 4.50. The Kier molecular flexibility index (Phi) is 3.90. The van der Waals surface area contributed by atoms with Gasteiger partial charge in [0.25, 0.3) is 0 Å². The van der Waals surface area contributed by atoms with Crippen LogP contribution in [-0.2, 0) is 26.0 Å². The molecule has 6 heteroatoms. The van der Waals surface area contributed by atoms with E-state index in [9.17, 15) is 0 Å². The second-order valence-electron chi connectivity index (χ2n) is 6.16. The van der Waals surface area contributed by atoms with Crippen LogP contribution in [0.5, 0.6) is 0 Å². The maximum absolute atomic E-state index is 9.16. The van der Waals surface area contributed by atoms with Crippen molar-refractivity contribution in [2.24, 2.45) is 0 Å². The van der Waals surface area contributed by atoms with E-state index in [4.69, 9.17) is 14.5 Å². The standard InChI is InChI=1S/C18H20N4O2/c1-12-14-4-2-3-5-15(14)21-17(20-12)10-22-9-8-19-18(22)16-7-6-13(11-23)24-16/h6-9,23H,2-5,10-11H2,1H3. The predicted octanol–water partition coefficient (Wildman–Crippen LogP) is 2.66. The first-order valence-electron chi connectivity index (χ1n) is 8.31. The van der Waals surface area contributed by atoms with Crippen molar-refractivity contribution in [3.63, 3.8) is 0 Å². The van der Waals surface area contributed by atoms with Crippen LogP contribution in [0, 0.1) is 6.92 Å². The lowest BCUT2D eigenvalue weighted by atomic mass is 9.95. The van der Waals surface area contributed by atoms with Gasteiger partial charge in [-0.3, -0.25) is 0 Å². The molecular weight excluding hydrogens is 304 g/mol. The second kappa shape index (κ2) is 6.20. The number of aryl methyl sites for hydroxylation is 2. The molecule has 0 bridgehead atoms. The molecule has 0 radical (unpaired) electrons. The molecule has 24 heavy (non-hydrogen) atoms. The van der Waals surface area contributed by atoms with E-state index >= 15 is 0 Å². The van der Waals surface area contributed by atoms with Crippen molar-refractivity contribution in [3.05, 3.63) is 53.1 Å². The molecule has 0 saturated heterocycles. The SMILES string of the molecule is Cc1nc(Cn2ccnc2-c2ccc(CO)o2)nc2c1CCCC2. The summed E-state index contributed by atoms with van der Waals surface area (Å²) < 4.78 is 7.57. The van der Waals surface area contributed by atoms with Crippen LogP contribution in [0.15, 0.2) is 28.9 Å². The van der Waals surface area contributed by atoms with E-state index < -0.39 is 0 Å². The third kappa shape index (κ3) is 2.73. The summed E-state index contributed by atoms with van der Waals surface area (Å²) in [6.07, 6.45) is 8.20. The summed E-state index contributed by atoms with van der Waals surface area (Å²) in [4.78, 5) is 13.8. The van der Waals surface area contributed by atoms with Crippen LogP contribution < -0.4 is 0 Å². The van der Waals surface area contributed by atoms with Gasteiger partial charge < -0.3 is 14.1 Å². The normalized spacial score (nSPS) is 13.9. The zero-order valence-electron chi connectivity index (χ0n) is 13.7. The topological polar surface area (TPSA) is 77.0 Å². The highest BCUT2D eigenvalue weighted by Gasteiger charge is 2.17. The molecule has 6 nitrogen and oxygen atoms in total. The molecule has 1 aliphatic rings. The van der Waals surface area contributed by atoms with Gasteiger partial charge in [-0.15, -0.1) is 0 Å². The first-order chi connectivity index (χ1) is 11.7. The first-order valence-corrected chi connectivity index (χ1v) is 8.31. The number of furan rings is 1. The summed E-state index contributed by atoms with van der Waals surface area (Å²) in [5, 5.41) is 9.16.